The summed E-state index contributed by atoms with van der Waals surface area (Å²) in [5.74, 6) is 1.46. The molecule has 1 aromatic carbocycles. The number of hydrogen-bond acceptors (Lipinski definition) is 3. The fourth-order valence-corrected chi connectivity index (χ4v) is 3.30. The standard InChI is InChI=1S/C16H25ClN2O/c1-10-8-15(16(20-5)9-13(10)17)19-7-6-14(18-4)11(2)12(19)3/h8-9,11-12,14,18H,6-7H2,1-5H3. The number of halogens is 1. The molecule has 0 amide bonds. The molecule has 3 atom stereocenters. The van der Waals surface area contributed by atoms with Crippen molar-refractivity contribution < 1.29 is 4.74 Å². The van der Waals surface area contributed by atoms with Gasteiger partial charge in [-0.25, -0.2) is 0 Å². The minimum Gasteiger partial charge on any atom is -0.495 e. The molecule has 1 saturated heterocycles. The van der Waals surface area contributed by atoms with E-state index in [2.05, 4.69) is 37.2 Å². The van der Waals surface area contributed by atoms with Gasteiger partial charge in [-0.05, 0) is 44.9 Å². The maximum absolute atomic E-state index is 6.21. The van der Waals surface area contributed by atoms with E-state index in [4.69, 9.17) is 16.3 Å². The van der Waals surface area contributed by atoms with Gasteiger partial charge in [-0.15, -0.1) is 0 Å². The number of ether oxygens (including phenoxy) is 1. The van der Waals surface area contributed by atoms with Gasteiger partial charge in [-0.3, -0.25) is 0 Å². The lowest BCUT2D eigenvalue weighted by molar-refractivity contribution is 0.280. The Labute approximate surface area is 127 Å². The topological polar surface area (TPSA) is 24.5 Å². The number of nitrogens with one attached hydrogen (secondary N) is 1. The summed E-state index contributed by atoms with van der Waals surface area (Å²) in [7, 11) is 3.76. The van der Waals surface area contributed by atoms with Crippen molar-refractivity contribution in [1.82, 2.24) is 5.32 Å². The van der Waals surface area contributed by atoms with Gasteiger partial charge in [-0.1, -0.05) is 18.5 Å². The Balaban J connectivity index is 2.34. The number of piperidine rings is 1. The number of aryl methyl sites for hydroxylation is 1. The molecule has 0 saturated carbocycles. The third-order valence-electron chi connectivity index (χ3n) is 4.71. The molecule has 20 heavy (non-hydrogen) atoms. The molecule has 1 heterocycles. The van der Waals surface area contributed by atoms with Crippen LogP contribution in [0, 0.1) is 12.8 Å². The molecule has 3 nitrogen and oxygen atoms in total. The van der Waals surface area contributed by atoms with Crippen molar-refractivity contribution >= 4 is 17.3 Å². The monoisotopic (exact) mass is 296 g/mol. The van der Waals surface area contributed by atoms with E-state index in [1.165, 1.54) is 0 Å². The normalized spacial score (nSPS) is 26.7. The number of nitrogens with zero attached hydrogens (tertiary/aromatic N) is 1. The molecule has 112 valence electrons. The smallest absolute Gasteiger partial charge is 0.143 e. The molecule has 0 aliphatic carbocycles. The largest absolute Gasteiger partial charge is 0.495 e. The van der Waals surface area contributed by atoms with Gasteiger partial charge < -0.3 is 15.0 Å². The Morgan fingerprint density at radius 2 is 2.05 bits per heavy atom. The third kappa shape index (κ3) is 2.75. The number of anilines is 1. The number of hydrogen-bond donors (Lipinski definition) is 1. The molecule has 3 unspecified atom stereocenters. The number of rotatable bonds is 3. The van der Waals surface area contributed by atoms with Crippen LogP contribution in [-0.2, 0) is 0 Å². The summed E-state index contributed by atoms with van der Waals surface area (Å²) in [6.45, 7) is 7.68. The molecule has 0 spiro atoms. The lowest BCUT2D eigenvalue weighted by atomic mass is 9.86. The molecule has 0 bridgehead atoms. The summed E-state index contributed by atoms with van der Waals surface area (Å²) in [5.41, 5.74) is 2.25. The summed E-state index contributed by atoms with van der Waals surface area (Å²) in [4.78, 5) is 2.45. The molecule has 4 heteroatoms. The number of methoxy groups -OCH3 is 1. The zero-order valence-electron chi connectivity index (χ0n) is 13.0. The van der Waals surface area contributed by atoms with Gasteiger partial charge in [0.1, 0.15) is 5.75 Å². The number of benzene rings is 1. The van der Waals surface area contributed by atoms with Crippen molar-refractivity contribution in [3.8, 4) is 5.75 Å². The minimum atomic E-state index is 0.468. The molecule has 1 fully saturated rings. The quantitative estimate of drug-likeness (QED) is 0.924. The van der Waals surface area contributed by atoms with E-state index in [0.717, 1.165) is 35.0 Å². The van der Waals surface area contributed by atoms with Crippen LogP contribution >= 0.6 is 11.6 Å². The van der Waals surface area contributed by atoms with E-state index in [0.29, 0.717) is 18.0 Å². The molecule has 1 aliphatic rings. The second-order valence-corrected chi connectivity index (χ2v) is 6.16. The van der Waals surface area contributed by atoms with Gasteiger partial charge in [0.15, 0.2) is 0 Å². The molecular weight excluding hydrogens is 272 g/mol. The lowest BCUT2D eigenvalue weighted by Crippen LogP contribution is -2.52. The van der Waals surface area contributed by atoms with Crippen LogP contribution in [-0.4, -0.2) is 32.8 Å². The van der Waals surface area contributed by atoms with Crippen LogP contribution in [0.4, 0.5) is 5.69 Å². The first-order valence-electron chi connectivity index (χ1n) is 7.27. The molecule has 1 N–H and O–H groups in total. The summed E-state index contributed by atoms with van der Waals surface area (Å²) >= 11 is 6.21. The van der Waals surface area contributed by atoms with E-state index in [1.807, 2.05) is 13.0 Å². The third-order valence-corrected chi connectivity index (χ3v) is 5.12. The highest BCUT2D eigenvalue weighted by atomic mass is 35.5. The Kier molecular flexibility index (Phi) is 4.82. The highest BCUT2D eigenvalue weighted by molar-refractivity contribution is 6.31. The predicted octanol–water partition coefficient (Wildman–Crippen LogP) is 3.48. The first kappa shape index (κ1) is 15.5. The van der Waals surface area contributed by atoms with Gasteiger partial charge in [0.25, 0.3) is 0 Å². The molecule has 2 rings (SSSR count). The van der Waals surface area contributed by atoms with E-state index in [-0.39, 0.29) is 0 Å². The van der Waals surface area contributed by atoms with Crippen molar-refractivity contribution in [3.05, 3.63) is 22.7 Å². The maximum Gasteiger partial charge on any atom is 0.143 e. The van der Waals surface area contributed by atoms with E-state index < -0.39 is 0 Å². The second kappa shape index (κ2) is 6.23. The summed E-state index contributed by atoms with van der Waals surface area (Å²) in [5, 5.41) is 4.19. The molecule has 0 radical (unpaired) electrons. The lowest BCUT2D eigenvalue weighted by Gasteiger charge is -2.44. The van der Waals surface area contributed by atoms with Crippen molar-refractivity contribution in [2.24, 2.45) is 5.92 Å². The Morgan fingerprint density at radius 1 is 1.35 bits per heavy atom. The molecular formula is C16H25ClN2O. The summed E-state index contributed by atoms with van der Waals surface area (Å²) in [6, 6.07) is 5.12. The minimum absolute atomic E-state index is 0.468. The zero-order valence-corrected chi connectivity index (χ0v) is 13.8. The maximum atomic E-state index is 6.21. The van der Waals surface area contributed by atoms with Crippen LogP contribution in [0.2, 0.25) is 5.02 Å². The zero-order chi connectivity index (χ0) is 14.9. The van der Waals surface area contributed by atoms with E-state index in [9.17, 15) is 0 Å². The van der Waals surface area contributed by atoms with Gasteiger partial charge in [0, 0.05) is 29.7 Å². The van der Waals surface area contributed by atoms with E-state index in [1.54, 1.807) is 7.11 Å². The van der Waals surface area contributed by atoms with Gasteiger partial charge in [0.05, 0.1) is 12.8 Å². The van der Waals surface area contributed by atoms with Gasteiger partial charge in [-0.2, -0.15) is 0 Å². The molecule has 0 aromatic heterocycles. The van der Waals surface area contributed by atoms with Gasteiger partial charge in [0.2, 0.25) is 0 Å². The Hall–Kier alpha value is -0.930. The van der Waals surface area contributed by atoms with Crippen molar-refractivity contribution in [1.29, 1.82) is 0 Å². The van der Waals surface area contributed by atoms with Gasteiger partial charge >= 0.3 is 0 Å². The van der Waals surface area contributed by atoms with Crippen LogP contribution in [0.15, 0.2) is 12.1 Å². The van der Waals surface area contributed by atoms with Crippen molar-refractivity contribution in [3.63, 3.8) is 0 Å². The highest BCUT2D eigenvalue weighted by Crippen LogP contribution is 2.38. The van der Waals surface area contributed by atoms with Crippen LogP contribution in [0.1, 0.15) is 25.8 Å². The average molecular weight is 297 g/mol. The predicted molar refractivity (Wildman–Crippen MR) is 86.2 cm³/mol. The first-order chi connectivity index (χ1) is 9.49. The fourth-order valence-electron chi connectivity index (χ4n) is 3.15. The van der Waals surface area contributed by atoms with Crippen molar-refractivity contribution in [2.45, 2.75) is 39.3 Å². The summed E-state index contributed by atoms with van der Waals surface area (Å²) < 4.78 is 5.53. The van der Waals surface area contributed by atoms with Crippen LogP contribution in [0.25, 0.3) is 0 Å². The first-order valence-corrected chi connectivity index (χ1v) is 7.65. The fraction of sp³-hybridized carbons (Fsp3) is 0.625. The highest BCUT2D eigenvalue weighted by Gasteiger charge is 2.32. The summed E-state index contributed by atoms with van der Waals surface area (Å²) in [6.07, 6.45) is 1.15. The molecule has 1 aliphatic heterocycles. The van der Waals surface area contributed by atoms with Crippen molar-refractivity contribution in [2.75, 3.05) is 25.6 Å². The van der Waals surface area contributed by atoms with Crippen LogP contribution in [0.5, 0.6) is 5.75 Å². The van der Waals surface area contributed by atoms with E-state index >= 15 is 0 Å². The Morgan fingerprint density at radius 3 is 2.65 bits per heavy atom. The Bertz CT molecular complexity index is 478. The van der Waals surface area contributed by atoms with Crippen LogP contribution < -0.4 is 15.0 Å². The SMILES string of the molecule is CNC1CCN(c2cc(C)c(Cl)cc2OC)C(C)C1C. The molecule has 1 aromatic rings. The van der Waals surface area contributed by atoms with Crippen LogP contribution in [0.3, 0.4) is 0 Å². The second-order valence-electron chi connectivity index (χ2n) is 5.75. The average Bonchev–Trinajstić information content (AvgIpc) is 2.44.